The topological polar surface area (TPSA) is 21.3 Å². The number of nitrogens with one attached hydrogen (secondary N) is 1. The van der Waals surface area contributed by atoms with Gasteiger partial charge in [0.15, 0.2) is 0 Å². The van der Waals surface area contributed by atoms with Gasteiger partial charge in [0.25, 0.3) is 0 Å². The van der Waals surface area contributed by atoms with Crippen LogP contribution in [0.4, 0.5) is 0 Å². The van der Waals surface area contributed by atoms with Gasteiger partial charge in [-0.1, -0.05) is 26.0 Å². The molecule has 0 saturated heterocycles. The standard InChI is InChI=1S/C17H22BrNOS/c1-13(2)7-9-20-15-5-3-14(4-6-15)11-19-12-17-16(18)8-10-21-17/h3-6,8,10,13,19H,7,9,11-12H2,1-2H3. The second-order valence-electron chi connectivity index (χ2n) is 5.47. The van der Waals surface area contributed by atoms with E-state index in [2.05, 4.69) is 70.8 Å². The largest absolute Gasteiger partial charge is 0.494 e. The first-order chi connectivity index (χ1) is 10.1. The van der Waals surface area contributed by atoms with Gasteiger partial charge in [0.05, 0.1) is 6.61 Å². The van der Waals surface area contributed by atoms with Crippen molar-refractivity contribution in [3.8, 4) is 5.75 Å². The van der Waals surface area contributed by atoms with Crippen molar-refractivity contribution >= 4 is 27.3 Å². The summed E-state index contributed by atoms with van der Waals surface area (Å²) in [4.78, 5) is 1.34. The van der Waals surface area contributed by atoms with Crippen LogP contribution in [-0.2, 0) is 13.1 Å². The van der Waals surface area contributed by atoms with E-state index in [0.717, 1.165) is 31.9 Å². The molecule has 1 aromatic carbocycles. The normalized spacial score (nSPS) is 11.0. The van der Waals surface area contributed by atoms with Crippen LogP contribution in [-0.4, -0.2) is 6.61 Å². The lowest BCUT2D eigenvalue weighted by Crippen LogP contribution is -2.12. The molecule has 0 aliphatic carbocycles. The minimum absolute atomic E-state index is 0.685. The zero-order valence-electron chi connectivity index (χ0n) is 12.6. The average Bonchev–Trinajstić information content (AvgIpc) is 2.86. The molecule has 21 heavy (non-hydrogen) atoms. The molecule has 1 heterocycles. The third-order valence-corrected chi connectivity index (χ3v) is 5.12. The average molecular weight is 368 g/mol. The van der Waals surface area contributed by atoms with Crippen molar-refractivity contribution in [2.45, 2.75) is 33.4 Å². The molecule has 0 aliphatic rings. The van der Waals surface area contributed by atoms with Gasteiger partial charge in [-0.15, -0.1) is 11.3 Å². The van der Waals surface area contributed by atoms with Crippen LogP contribution in [0.5, 0.6) is 5.75 Å². The van der Waals surface area contributed by atoms with Gasteiger partial charge in [-0.3, -0.25) is 0 Å². The minimum Gasteiger partial charge on any atom is -0.494 e. The SMILES string of the molecule is CC(C)CCOc1ccc(CNCc2sccc2Br)cc1. The second kappa shape index (κ2) is 8.57. The number of halogens is 1. The molecular weight excluding hydrogens is 346 g/mol. The lowest BCUT2D eigenvalue weighted by molar-refractivity contribution is 0.289. The zero-order chi connectivity index (χ0) is 15.1. The predicted octanol–water partition coefficient (Wildman–Crippen LogP) is 5.23. The molecule has 2 nitrogen and oxygen atoms in total. The van der Waals surface area contributed by atoms with Crippen LogP contribution in [0.1, 0.15) is 30.7 Å². The van der Waals surface area contributed by atoms with E-state index in [1.807, 2.05) is 0 Å². The van der Waals surface area contributed by atoms with Crippen LogP contribution < -0.4 is 10.1 Å². The van der Waals surface area contributed by atoms with E-state index in [-0.39, 0.29) is 0 Å². The number of thiophene rings is 1. The molecule has 0 saturated carbocycles. The Kier molecular flexibility index (Phi) is 6.74. The highest BCUT2D eigenvalue weighted by Crippen LogP contribution is 2.22. The molecule has 0 radical (unpaired) electrons. The van der Waals surface area contributed by atoms with Gasteiger partial charge >= 0.3 is 0 Å². The van der Waals surface area contributed by atoms with E-state index >= 15 is 0 Å². The summed E-state index contributed by atoms with van der Waals surface area (Å²) in [5.74, 6) is 1.64. The van der Waals surface area contributed by atoms with E-state index in [0.29, 0.717) is 5.92 Å². The minimum atomic E-state index is 0.685. The lowest BCUT2D eigenvalue weighted by atomic mass is 10.1. The zero-order valence-corrected chi connectivity index (χ0v) is 15.0. The maximum absolute atomic E-state index is 5.73. The number of benzene rings is 1. The highest BCUT2D eigenvalue weighted by molar-refractivity contribution is 9.10. The van der Waals surface area contributed by atoms with Crippen LogP contribution in [0.3, 0.4) is 0 Å². The van der Waals surface area contributed by atoms with Gasteiger partial charge in [0.2, 0.25) is 0 Å². The summed E-state index contributed by atoms with van der Waals surface area (Å²) in [7, 11) is 0. The quantitative estimate of drug-likeness (QED) is 0.689. The molecule has 0 aliphatic heterocycles. The van der Waals surface area contributed by atoms with E-state index in [4.69, 9.17) is 4.74 Å². The van der Waals surface area contributed by atoms with Gasteiger partial charge in [0, 0.05) is 22.4 Å². The summed E-state index contributed by atoms with van der Waals surface area (Å²) in [5.41, 5.74) is 1.28. The fourth-order valence-electron chi connectivity index (χ4n) is 1.89. The molecule has 1 N–H and O–H groups in total. The first-order valence-corrected chi connectivity index (χ1v) is 8.96. The highest BCUT2D eigenvalue weighted by atomic mass is 79.9. The number of hydrogen-bond donors (Lipinski definition) is 1. The van der Waals surface area contributed by atoms with E-state index < -0.39 is 0 Å². The van der Waals surface area contributed by atoms with E-state index in [1.54, 1.807) is 11.3 Å². The molecule has 0 atom stereocenters. The van der Waals surface area contributed by atoms with Gasteiger partial charge in [-0.2, -0.15) is 0 Å². The maximum atomic E-state index is 5.73. The van der Waals surface area contributed by atoms with Crippen molar-refractivity contribution in [3.05, 3.63) is 50.6 Å². The fourth-order valence-corrected chi connectivity index (χ4v) is 3.35. The van der Waals surface area contributed by atoms with E-state index in [9.17, 15) is 0 Å². The van der Waals surface area contributed by atoms with Crippen molar-refractivity contribution < 1.29 is 4.74 Å². The molecule has 1 aromatic heterocycles. The monoisotopic (exact) mass is 367 g/mol. The third kappa shape index (κ3) is 5.81. The number of ether oxygens (including phenoxy) is 1. The molecule has 4 heteroatoms. The van der Waals surface area contributed by atoms with Crippen LogP contribution >= 0.6 is 27.3 Å². The van der Waals surface area contributed by atoms with Gasteiger partial charge in [0.1, 0.15) is 5.75 Å². The first kappa shape index (κ1) is 16.5. The molecule has 2 rings (SSSR count). The highest BCUT2D eigenvalue weighted by Gasteiger charge is 2.01. The summed E-state index contributed by atoms with van der Waals surface area (Å²) in [6, 6.07) is 10.4. The fraction of sp³-hybridized carbons (Fsp3) is 0.412. The van der Waals surface area contributed by atoms with E-state index in [1.165, 1.54) is 14.9 Å². The van der Waals surface area contributed by atoms with Gasteiger partial charge in [-0.25, -0.2) is 0 Å². The summed E-state index contributed by atoms with van der Waals surface area (Å²) < 4.78 is 6.91. The molecule has 114 valence electrons. The first-order valence-electron chi connectivity index (χ1n) is 7.29. The predicted molar refractivity (Wildman–Crippen MR) is 94.0 cm³/mol. The molecule has 0 fully saturated rings. The van der Waals surface area contributed by atoms with Crippen molar-refractivity contribution in [2.24, 2.45) is 5.92 Å². The molecule has 0 spiro atoms. The molecule has 0 unspecified atom stereocenters. The lowest BCUT2D eigenvalue weighted by Gasteiger charge is -2.09. The van der Waals surface area contributed by atoms with Crippen LogP contribution in [0.25, 0.3) is 0 Å². The molecule has 0 amide bonds. The third-order valence-electron chi connectivity index (χ3n) is 3.19. The Morgan fingerprint density at radius 3 is 2.52 bits per heavy atom. The summed E-state index contributed by atoms with van der Waals surface area (Å²) in [5, 5.41) is 5.56. The van der Waals surface area contributed by atoms with Gasteiger partial charge in [-0.05, 0) is 57.4 Å². The Balaban J connectivity index is 1.73. The molecule has 2 aromatic rings. The summed E-state index contributed by atoms with van der Waals surface area (Å²) in [6.45, 7) is 6.98. The van der Waals surface area contributed by atoms with Gasteiger partial charge < -0.3 is 10.1 Å². The van der Waals surface area contributed by atoms with Crippen LogP contribution in [0.15, 0.2) is 40.2 Å². The Hall–Kier alpha value is -0.840. The number of hydrogen-bond acceptors (Lipinski definition) is 3. The van der Waals surface area contributed by atoms with Crippen molar-refractivity contribution in [1.29, 1.82) is 0 Å². The van der Waals surface area contributed by atoms with Crippen molar-refractivity contribution in [3.63, 3.8) is 0 Å². The van der Waals surface area contributed by atoms with Crippen LogP contribution in [0.2, 0.25) is 0 Å². The Bertz CT molecular complexity index is 536. The van der Waals surface area contributed by atoms with Crippen LogP contribution in [0, 0.1) is 5.92 Å². The Morgan fingerprint density at radius 1 is 1.14 bits per heavy atom. The Morgan fingerprint density at radius 2 is 1.90 bits per heavy atom. The summed E-state index contributed by atoms with van der Waals surface area (Å²) >= 11 is 5.32. The maximum Gasteiger partial charge on any atom is 0.119 e. The second-order valence-corrected chi connectivity index (χ2v) is 7.33. The molecule has 0 bridgehead atoms. The smallest absolute Gasteiger partial charge is 0.119 e. The van der Waals surface area contributed by atoms with Crippen molar-refractivity contribution in [2.75, 3.05) is 6.61 Å². The number of rotatable bonds is 8. The molecular formula is C17H22BrNOS. The summed E-state index contributed by atoms with van der Waals surface area (Å²) in [6.07, 6.45) is 1.10. The Labute approximate surface area is 139 Å². The van der Waals surface area contributed by atoms with Crippen molar-refractivity contribution in [1.82, 2.24) is 5.32 Å².